The molecular weight excluding hydrogens is 285 g/mol. The standard InChI is InChI=1S/C16H16FN3S/c1-11(13-9-19-20-10-13)18-8-12-4-5-15(17)14(7-12)16-3-2-6-21-16/h2-7,9-11,18H,8H2,1H3,(H,19,20). The van der Waals surface area contributed by atoms with Gasteiger partial charge in [0.15, 0.2) is 0 Å². The third-order valence-electron chi connectivity index (χ3n) is 3.45. The molecule has 0 fully saturated rings. The molecule has 3 nitrogen and oxygen atoms in total. The van der Waals surface area contributed by atoms with Gasteiger partial charge in [0.2, 0.25) is 0 Å². The molecule has 0 amide bonds. The number of rotatable bonds is 5. The van der Waals surface area contributed by atoms with Crippen LogP contribution in [-0.4, -0.2) is 10.2 Å². The molecule has 0 aliphatic rings. The first-order chi connectivity index (χ1) is 10.2. The first-order valence-electron chi connectivity index (χ1n) is 6.78. The van der Waals surface area contributed by atoms with Crippen LogP contribution in [-0.2, 0) is 6.54 Å². The second-order valence-electron chi connectivity index (χ2n) is 4.93. The van der Waals surface area contributed by atoms with Crippen LogP contribution in [0.3, 0.4) is 0 Å². The van der Waals surface area contributed by atoms with Crippen LogP contribution in [0.4, 0.5) is 4.39 Å². The summed E-state index contributed by atoms with van der Waals surface area (Å²) in [5, 5.41) is 12.1. The van der Waals surface area contributed by atoms with Crippen LogP contribution in [0.2, 0.25) is 0 Å². The number of benzene rings is 1. The van der Waals surface area contributed by atoms with Crippen LogP contribution in [0.15, 0.2) is 48.1 Å². The predicted molar refractivity (Wildman–Crippen MR) is 83.6 cm³/mol. The van der Waals surface area contributed by atoms with Crippen LogP contribution in [0, 0.1) is 5.82 Å². The molecule has 1 atom stereocenters. The molecule has 21 heavy (non-hydrogen) atoms. The number of hydrogen-bond donors (Lipinski definition) is 2. The summed E-state index contributed by atoms with van der Waals surface area (Å²) in [6, 6.07) is 9.34. The lowest BCUT2D eigenvalue weighted by Crippen LogP contribution is -2.17. The third kappa shape index (κ3) is 3.20. The summed E-state index contributed by atoms with van der Waals surface area (Å²) in [6.07, 6.45) is 3.68. The molecule has 3 rings (SSSR count). The van der Waals surface area contributed by atoms with E-state index in [1.807, 2.05) is 35.8 Å². The Labute approximate surface area is 126 Å². The van der Waals surface area contributed by atoms with Gasteiger partial charge in [-0.15, -0.1) is 11.3 Å². The lowest BCUT2D eigenvalue weighted by atomic mass is 10.1. The molecule has 1 aromatic carbocycles. The Hall–Kier alpha value is -1.98. The Bertz CT molecular complexity index is 692. The minimum Gasteiger partial charge on any atom is -0.306 e. The van der Waals surface area contributed by atoms with E-state index < -0.39 is 0 Å². The average Bonchev–Trinajstić information content (AvgIpc) is 3.19. The molecule has 2 heterocycles. The summed E-state index contributed by atoms with van der Waals surface area (Å²) in [7, 11) is 0. The number of nitrogens with one attached hydrogen (secondary N) is 2. The van der Waals surface area contributed by atoms with Gasteiger partial charge in [-0.25, -0.2) is 4.39 Å². The van der Waals surface area contributed by atoms with E-state index in [9.17, 15) is 4.39 Å². The molecule has 0 aliphatic heterocycles. The van der Waals surface area contributed by atoms with Gasteiger partial charge in [0.25, 0.3) is 0 Å². The van der Waals surface area contributed by atoms with Gasteiger partial charge < -0.3 is 5.32 Å². The molecule has 1 unspecified atom stereocenters. The van der Waals surface area contributed by atoms with Crippen LogP contribution in [0.25, 0.3) is 10.4 Å². The Morgan fingerprint density at radius 3 is 3.00 bits per heavy atom. The van der Waals surface area contributed by atoms with Crippen molar-refractivity contribution in [2.75, 3.05) is 0 Å². The van der Waals surface area contributed by atoms with Gasteiger partial charge in [0.05, 0.1) is 6.20 Å². The lowest BCUT2D eigenvalue weighted by molar-refractivity contribution is 0.573. The molecule has 0 spiro atoms. The first kappa shape index (κ1) is 14.0. The quantitative estimate of drug-likeness (QED) is 0.744. The summed E-state index contributed by atoms with van der Waals surface area (Å²) < 4.78 is 13.9. The SMILES string of the molecule is CC(NCc1ccc(F)c(-c2cccs2)c1)c1cn[nH]c1. The molecule has 3 aromatic rings. The molecule has 2 N–H and O–H groups in total. The van der Waals surface area contributed by atoms with Crippen molar-refractivity contribution in [1.82, 2.24) is 15.5 Å². The monoisotopic (exact) mass is 301 g/mol. The Kier molecular flexibility index (Phi) is 4.13. The maximum Gasteiger partial charge on any atom is 0.131 e. The van der Waals surface area contributed by atoms with Crippen molar-refractivity contribution >= 4 is 11.3 Å². The molecule has 5 heteroatoms. The smallest absolute Gasteiger partial charge is 0.131 e. The van der Waals surface area contributed by atoms with Crippen molar-refractivity contribution < 1.29 is 4.39 Å². The normalized spacial score (nSPS) is 12.5. The van der Waals surface area contributed by atoms with Gasteiger partial charge in [-0.05, 0) is 36.1 Å². The van der Waals surface area contributed by atoms with Crippen molar-refractivity contribution in [3.63, 3.8) is 0 Å². The second-order valence-corrected chi connectivity index (χ2v) is 5.87. The van der Waals surface area contributed by atoms with Crippen molar-refractivity contribution in [3.8, 4) is 10.4 Å². The van der Waals surface area contributed by atoms with Crippen molar-refractivity contribution in [1.29, 1.82) is 0 Å². The molecular formula is C16H16FN3S. The molecule has 2 aromatic heterocycles. The van der Waals surface area contributed by atoms with E-state index in [1.165, 1.54) is 6.07 Å². The van der Waals surface area contributed by atoms with Gasteiger partial charge in [-0.1, -0.05) is 12.1 Å². The number of hydrogen-bond acceptors (Lipinski definition) is 3. The summed E-state index contributed by atoms with van der Waals surface area (Å²) >= 11 is 1.55. The predicted octanol–water partition coefficient (Wildman–Crippen LogP) is 4.13. The van der Waals surface area contributed by atoms with Crippen molar-refractivity contribution in [2.45, 2.75) is 19.5 Å². The Morgan fingerprint density at radius 1 is 1.38 bits per heavy atom. The second kappa shape index (κ2) is 6.20. The van der Waals surface area contributed by atoms with E-state index in [0.717, 1.165) is 16.0 Å². The number of aromatic nitrogens is 2. The Balaban J connectivity index is 1.73. The van der Waals surface area contributed by atoms with E-state index in [1.54, 1.807) is 17.5 Å². The number of halogens is 1. The zero-order chi connectivity index (χ0) is 14.7. The molecule has 0 saturated heterocycles. The Morgan fingerprint density at radius 2 is 2.29 bits per heavy atom. The van der Waals surface area contributed by atoms with Gasteiger partial charge in [0.1, 0.15) is 5.82 Å². The van der Waals surface area contributed by atoms with E-state index >= 15 is 0 Å². The zero-order valence-electron chi connectivity index (χ0n) is 11.6. The van der Waals surface area contributed by atoms with E-state index in [0.29, 0.717) is 12.1 Å². The topological polar surface area (TPSA) is 40.7 Å². The fourth-order valence-corrected chi connectivity index (χ4v) is 2.93. The van der Waals surface area contributed by atoms with E-state index in [-0.39, 0.29) is 11.9 Å². The van der Waals surface area contributed by atoms with Gasteiger partial charge in [0, 0.05) is 34.8 Å². The number of aromatic amines is 1. The highest BCUT2D eigenvalue weighted by atomic mass is 32.1. The minimum absolute atomic E-state index is 0.177. The maximum atomic E-state index is 13.9. The van der Waals surface area contributed by atoms with Crippen molar-refractivity contribution in [3.05, 3.63) is 65.0 Å². The van der Waals surface area contributed by atoms with E-state index in [2.05, 4.69) is 22.4 Å². The first-order valence-corrected chi connectivity index (χ1v) is 7.66. The van der Waals surface area contributed by atoms with Gasteiger partial charge in [-0.3, -0.25) is 5.10 Å². The summed E-state index contributed by atoms with van der Waals surface area (Å²) in [5.74, 6) is -0.177. The molecule has 0 radical (unpaired) electrons. The number of thiophene rings is 1. The zero-order valence-corrected chi connectivity index (χ0v) is 12.5. The van der Waals surface area contributed by atoms with Gasteiger partial charge >= 0.3 is 0 Å². The number of nitrogens with zero attached hydrogens (tertiary/aromatic N) is 1. The summed E-state index contributed by atoms with van der Waals surface area (Å²) in [4.78, 5) is 0.956. The largest absolute Gasteiger partial charge is 0.306 e. The highest BCUT2D eigenvalue weighted by molar-refractivity contribution is 7.13. The fraction of sp³-hybridized carbons (Fsp3) is 0.188. The van der Waals surface area contributed by atoms with E-state index in [4.69, 9.17) is 0 Å². The minimum atomic E-state index is -0.177. The summed E-state index contributed by atoms with van der Waals surface area (Å²) in [5.41, 5.74) is 2.84. The van der Waals surface area contributed by atoms with Crippen LogP contribution >= 0.6 is 11.3 Å². The van der Waals surface area contributed by atoms with Crippen LogP contribution in [0.5, 0.6) is 0 Å². The van der Waals surface area contributed by atoms with Crippen molar-refractivity contribution in [2.24, 2.45) is 0 Å². The van der Waals surface area contributed by atoms with Crippen LogP contribution in [0.1, 0.15) is 24.1 Å². The average molecular weight is 301 g/mol. The highest BCUT2D eigenvalue weighted by Gasteiger charge is 2.09. The van der Waals surface area contributed by atoms with Gasteiger partial charge in [-0.2, -0.15) is 5.10 Å². The van der Waals surface area contributed by atoms with Crippen LogP contribution < -0.4 is 5.32 Å². The molecule has 0 aliphatic carbocycles. The maximum absolute atomic E-state index is 13.9. The highest BCUT2D eigenvalue weighted by Crippen LogP contribution is 2.28. The molecule has 0 saturated carbocycles. The summed E-state index contributed by atoms with van der Waals surface area (Å²) in [6.45, 7) is 2.76. The molecule has 108 valence electrons. The third-order valence-corrected chi connectivity index (χ3v) is 4.35. The number of H-pyrrole nitrogens is 1. The fourth-order valence-electron chi connectivity index (χ4n) is 2.19. The molecule has 0 bridgehead atoms. The lowest BCUT2D eigenvalue weighted by Gasteiger charge is -2.12.